The highest BCUT2D eigenvalue weighted by Crippen LogP contribution is 2.41. The zero-order valence-corrected chi connectivity index (χ0v) is 21.9. The molecule has 2 aromatic heterocycles. The normalized spacial score (nSPS) is 13.2. The molecular formula is C28H26N6O3S. The van der Waals surface area contributed by atoms with Gasteiger partial charge in [0.1, 0.15) is 17.9 Å². The van der Waals surface area contributed by atoms with Gasteiger partial charge in [0.25, 0.3) is 5.88 Å². The van der Waals surface area contributed by atoms with Gasteiger partial charge in [0.05, 0.1) is 22.5 Å². The van der Waals surface area contributed by atoms with Crippen LogP contribution in [0.15, 0.2) is 48.8 Å². The number of nitrogens with one attached hydrogen (secondary N) is 1. The first kappa shape index (κ1) is 25.2. The van der Waals surface area contributed by atoms with Crippen LogP contribution in [0.2, 0.25) is 0 Å². The van der Waals surface area contributed by atoms with E-state index < -0.39 is 10.0 Å². The van der Waals surface area contributed by atoms with Crippen LogP contribution in [-0.2, 0) is 16.6 Å². The number of benzene rings is 2. The zero-order chi connectivity index (χ0) is 26.9. The molecule has 0 radical (unpaired) electrons. The lowest BCUT2D eigenvalue weighted by Gasteiger charge is -2.15. The Balaban J connectivity index is 1.61. The first-order valence-corrected chi connectivity index (χ1v) is 14.1. The minimum absolute atomic E-state index is 0.0524. The molecule has 0 bridgehead atoms. The Bertz CT molecular complexity index is 1730. The number of aryl methyl sites for hydroxylation is 1. The molecule has 1 N–H and O–H groups in total. The van der Waals surface area contributed by atoms with Crippen molar-refractivity contribution in [1.82, 2.24) is 14.5 Å². The van der Waals surface area contributed by atoms with Crippen LogP contribution in [0.4, 0.5) is 5.69 Å². The first-order valence-electron chi connectivity index (χ1n) is 12.4. The topological polar surface area (TPSA) is 134 Å². The third-order valence-corrected chi connectivity index (χ3v) is 7.99. The predicted octanol–water partition coefficient (Wildman–Crippen LogP) is 5.50. The average Bonchev–Trinajstić information content (AvgIpc) is 3.66. The van der Waals surface area contributed by atoms with E-state index in [0.717, 1.165) is 47.1 Å². The summed E-state index contributed by atoms with van der Waals surface area (Å²) in [5, 5.41) is 20.4. The first-order chi connectivity index (χ1) is 18.3. The molecule has 0 amide bonds. The SMILES string of the molecule is CCCS(=O)(=O)Nc1ccc(-c2c(C#N)c3ccc(Oc4nccnc4C#N)cc3n2CC2CC2)c(C)c1. The zero-order valence-electron chi connectivity index (χ0n) is 21.1. The van der Waals surface area contributed by atoms with E-state index in [-0.39, 0.29) is 17.3 Å². The third kappa shape index (κ3) is 5.04. The molecule has 0 aliphatic heterocycles. The lowest BCUT2D eigenvalue weighted by molar-refractivity contribution is 0.458. The van der Waals surface area contributed by atoms with Crippen molar-refractivity contribution in [2.75, 3.05) is 10.5 Å². The second-order valence-electron chi connectivity index (χ2n) is 9.44. The second-order valence-corrected chi connectivity index (χ2v) is 11.3. The van der Waals surface area contributed by atoms with Gasteiger partial charge in [0.15, 0.2) is 0 Å². The highest BCUT2D eigenvalue weighted by molar-refractivity contribution is 7.92. The van der Waals surface area contributed by atoms with Crippen molar-refractivity contribution in [2.24, 2.45) is 5.92 Å². The summed E-state index contributed by atoms with van der Waals surface area (Å²) in [7, 11) is -3.41. The van der Waals surface area contributed by atoms with Crippen LogP contribution in [0, 0.1) is 35.5 Å². The van der Waals surface area contributed by atoms with Crippen LogP contribution in [0.25, 0.3) is 22.2 Å². The number of fused-ring (bicyclic) bond motifs is 1. The van der Waals surface area contributed by atoms with Crippen LogP contribution in [0.3, 0.4) is 0 Å². The van der Waals surface area contributed by atoms with Crippen LogP contribution in [0.5, 0.6) is 11.6 Å². The molecule has 0 saturated heterocycles. The Hall–Kier alpha value is -4.41. The summed E-state index contributed by atoms with van der Waals surface area (Å²) in [5.74, 6) is 1.17. The Kier molecular flexibility index (Phi) is 6.75. The van der Waals surface area contributed by atoms with E-state index in [0.29, 0.717) is 29.3 Å². The number of sulfonamides is 1. The van der Waals surface area contributed by atoms with E-state index in [9.17, 15) is 18.9 Å². The van der Waals surface area contributed by atoms with Gasteiger partial charge in [-0.05, 0) is 61.9 Å². The van der Waals surface area contributed by atoms with Gasteiger partial charge in [-0.2, -0.15) is 10.5 Å². The van der Waals surface area contributed by atoms with Crippen LogP contribution in [0.1, 0.15) is 43.0 Å². The third-order valence-electron chi connectivity index (χ3n) is 6.50. The maximum atomic E-state index is 12.3. The highest BCUT2D eigenvalue weighted by atomic mass is 32.2. The lowest BCUT2D eigenvalue weighted by Crippen LogP contribution is -2.16. The summed E-state index contributed by atoms with van der Waals surface area (Å²) < 4.78 is 35.3. The molecule has 5 rings (SSSR count). The molecule has 38 heavy (non-hydrogen) atoms. The van der Waals surface area contributed by atoms with Crippen molar-refractivity contribution in [1.29, 1.82) is 10.5 Å². The van der Waals surface area contributed by atoms with Gasteiger partial charge in [-0.1, -0.05) is 13.0 Å². The molecule has 1 fully saturated rings. The van der Waals surface area contributed by atoms with Crippen molar-refractivity contribution in [2.45, 2.75) is 39.7 Å². The Labute approximate surface area is 221 Å². The summed E-state index contributed by atoms with van der Waals surface area (Å²) in [4.78, 5) is 8.14. The summed E-state index contributed by atoms with van der Waals surface area (Å²) in [6, 6.07) is 15.3. The van der Waals surface area contributed by atoms with Crippen LogP contribution in [-0.4, -0.2) is 28.7 Å². The fourth-order valence-electron chi connectivity index (χ4n) is 4.61. The van der Waals surface area contributed by atoms with E-state index >= 15 is 0 Å². The molecule has 1 aliphatic carbocycles. The minimum atomic E-state index is -3.41. The smallest absolute Gasteiger partial charge is 0.256 e. The summed E-state index contributed by atoms with van der Waals surface area (Å²) >= 11 is 0. The molecule has 0 unspecified atom stereocenters. The van der Waals surface area contributed by atoms with Crippen molar-refractivity contribution in [3.63, 3.8) is 0 Å². The number of rotatable bonds is 9. The molecule has 1 aliphatic rings. The van der Waals surface area contributed by atoms with Gasteiger partial charge in [-0.15, -0.1) is 0 Å². The fraction of sp³-hybridized carbons (Fsp3) is 0.286. The van der Waals surface area contributed by atoms with Gasteiger partial charge < -0.3 is 9.30 Å². The fourth-order valence-corrected chi connectivity index (χ4v) is 5.74. The molecule has 2 heterocycles. The number of nitriles is 2. The maximum absolute atomic E-state index is 12.3. The standard InChI is InChI=1S/C28H26N6O3S/c1-3-12-38(35,36)33-20-6-8-22(18(2)13-20)27-24(15-29)23-9-7-21(14-26(23)34(27)17-19-4-5-19)37-28-25(16-30)31-10-11-32-28/h6-11,13-14,19,33H,3-5,12,17H2,1-2H3. The van der Waals surface area contributed by atoms with Crippen molar-refractivity contribution < 1.29 is 13.2 Å². The number of ether oxygens (including phenoxy) is 1. The van der Waals surface area contributed by atoms with E-state index in [1.165, 1.54) is 12.4 Å². The maximum Gasteiger partial charge on any atom is 0.256 e. The van der Waals surface area contributed by atoms with E-state index in [1.807, 2.05) is 38.1 Å². The molecule has 10 heteroatoms. The van der Waals surface area contributed by atoms with Gasteiger partial charge in [0.2, 0.25) is 15.7 Å². The predicted molar refractivity (Wildman–Crippen MR) is 144 cm³/mol. The van der Waals surface area contributed by atoms with E-state index in [1.54, 1.807) is 18.2 Å². The number of anilines is 1. The molecule has 192 valence electrons. The van der Waals surface area contributed by atoms with Crippen LogP contribution >= 0.6 is 0 Å². The largest absolute Gasteiger partial charge is 0.436 e. The summed E-state index contributed by atoms with van der Waals surface area (Å²) in [6.07, 6.45) is 5.67. The second kappa shape index (κ2) is 10.2. The quantitative estimate of drug-likeness (QED) is 0.304. The summed E-state index contributed by atoms with van der Waals surface area (Å²) in [6.45, 7) is 4.48. The van der Waals surface area contributed by atoms with E-state index in [4.69, 9.17) is 4.74 Å². The number of nitrogens with zero attached hydrogens (tertiary/aromatic N) is 5. The van der Waals surface area contributed by atoms with Crippen molar-refractivity contribution >= 4 is 26.6 Å². The Morgan fingerprint density at radius 2 is 1.89 bits per heavy atom. The minimum Gasteiger partial charge on any atom is -0.436 e. The van der Waals surface area contributed by atoms with Crippen molar-refractivity contribution in [3.8, 4) is 35.0 Å². The van der Waals surface area contributed by atoms with Crippen LogP contribution < -0.4 is 9.46 Å². The highest BCUT2D eigenvalue weighted by Gasteiger charge is 2.27. The van der Waals surface area contributed by atoms with Gasteiger partial charge in [-0.25, -0.2) is 18.4 Å². The number of hydrogen-bond donors (Lipinski definition) is 1. The Morgan fingerprint density at radius 1 is 1.11 bits per heavy atom. The monoisotopic (exact) mass is 526 g/mol. The average molecular weight is 527 g/mol. The van der Waals surface area contributed by atoms with Crippen molar-refractivity contribution in [3.05, 3.63) is 65.6 Å². The van der Waals surface area contributed by atoms with E-state index in [2.05, 4.69) is 25.3 Å². The number of hydrogen-bond acceptors (Lipinski definition) is 7. The number of aromatic nitrogens is 3. The molecule has 0 spiro atoms. The van der Waals surface area contributed by atoms with Gasteiger partial charge >= 0.3 is 0 Å². The molecule has 1 saturated carbocycles. The molecule has 4 aromatic rings. The van der Waals surface area contributed by atoms with Gasteiger partial charge in [-0.3, -0.25) is 4.72 Å². The Morgan fingerprint density at radius 3 is 2.58 bits per heavy atom. The molecule has 2 aromatic carbocycles. The summed E-state index contributed by atoms with van der Waals surface area (Å²) in [5.41, 5.74) is 4.49. The lowest BCUT2D eigenvalue weighted by atomic mass is 10.0. The van der Waals surface area contributed by atoms with Gasteiger partial charge in [0, 0.05) is 41.6 Å². The molecular weight excluding hydrogens is 500 g/mol. The molecule has 0 atom stereocenters. The molecule has 9 nitrogen and oxygen atoms in total.